The number of aromatic nitrogens is 1. The summed E-state index contributed by atoms with van der Waals surface area (Å²) in [6.07, 6.45) is 4.21. The minimum atomic E-state index is -2.02. The number of aliphatic hydroxyl groups is 2. The van der Waals surface area contributed by atoms with Gasteiger partial charge in [0, 0.05) is 78.8 Å². The lowest BCUT2D eigenvalue weighted by Crippen LogP contribution is -2.46. The number of allylic oxidation sites excluding steroid dienone is 2. The minimum Gasteiger partial charge on any atom is -0.507 e. The van der Waals surface area contributed by atoms with Crippen molar-refractivity contribution in [2.45, 2.75) is 119 Å². The summed E-state index contributed by atoms with van der Waals surface area (Å²) in [6.45, 7) is 18.3. The number of hydrogen-bond acceptors (Lipinski definition) is 13. The van der Waals surface area contributed by atoms with E-state index in [9.17, 15) is 39.6 Å². The van der Waals surface area contributed by atoms with Gasteiger partial charge in [-0.05, 0) is 40.2 Å². The number of rotatable bonds is 6. The van der Waals surface area contributed by atoms with Crippen LogP contribution in [0.1, 0.15) is 101 Å². The number of ketones is 1. The summed E-state index contributed by atoms with van der Waals surface area (Å²) in [7, 11) is 1.45. The third kappa shape index (κ3) is 8.35. The van der Waals surface area contributed by atoms with Crippen LogP contribution >= 0.6 is 0 Å². The molecule has 5 N–H and O–H groups in total. The Morgan fingerprint density at radius 3 is 2.21 bits per heavy atom. The molecule has 0 radical (unpaired) electrons. The highest BCUT2D eigenvalue weighted by Crippen LogP contribution is 2.55. The van der Waals surface area contributed by atoms with Crippen LogP contribution in [0.4, 0.5) is 5.69 Å². The average Bonchev–Trinajstić information content (AvgIpc) is 3.65. The minimum absolute atomic E-state index is 0.0148. The molecule has 2 aliphatic rings. The molecule has 9 atom stereocenters. The topological polar surface area (TPSA) is 212 Å². The molecule has 2 aromatic carbocycles. The van der Waals surface area contributed by atoms with Gasteiger partial charge in [0.1, 0.15) is 17.6 Å². The number of amides is 1. The van der Waals surface area contributed by atoms with Gasteiger partial charge in [-0.15, -0.1) is 0 Å². The largest absolute Gasteiger partial charge is 0.507 e. The van der Waals surface area contributed by atoms with E-state index in [1.807, 2.05) is 6.92 Å². The first-order valence-electron chi connectivity index (χ1n) is 20.7. The van der Waals surface area contributed by atoms with Crippen molar-refractivity contribution in [1.29, 1.82) is 0 Å². The van der Waals surface area contributed by atoms with Crippen molar-refractivity contribution in [3.05, 3.63) is 58.5 Å². The molecule has 61 heavy (non-hydrogen) atoms. The number of aliphatic hydroxyl groups excluding tert-OH is 2. The first-order valence-corrected chi connectivity index (χ1v) is 20.7. The lowest BCUT2D eigenvalue weighted by Gasteiger charge is -2.38. The van der Waals surface area contributed by atoms with Crippen LogP contribution in [0.5, 0.6) is 17.2 Å². The summed E-state index contributed by atoms with van der Waals surface area (Å²) in [5.74, 6) is -8.22. The molecule has 2 aliphatic heterocycles. The number of carbonyl (C=O) groups is 4. The zero-order valence-electron chi connectivity index (χ0n) is 37.0. The number of hydrogen-bond donors (Lipinski definition) is 5. The Bertz CT molecular complexity index is 2320. The maximum Gasteiger partial charge on any atom is 0.340 e. The van der Waals surface area contributed by atoms with Gasteiger partial charge in [0.25, 0.3) is 11.7 Å². The number of methoxy groups -OCH3 is 1. The van der Waals surface area contributed by atoms with Gasteiger partial charge >= 0.3 is 17.7 Å². The molecule has 0 saturated carbocycles. The number of phenols is 2. The molecule has 9 unspecified atom stereocenters. The van der Waals surface area contributed by atoms with Crippen LogP contribution in [-0.2, 0) is 35.1 Å². The van der Waals surface area contributed by atoms with Crippen molar-refractivity contribution >= 4 is 51.0 Å². The highest BCUT2D eigenvalue weighted by Gasteiger charge is 2.50. The quantitative estimate of drug-likeness (QED) is 0.126. The fraction of sp³-hybridized carbons (Fsp3) is 0.522. The standard InChI is InChI=1S/C46H60N2O13/c1-13-19-48-27(9)30(45(56)58-14-2)32-35-40(53)33-31(36(32)48)34-42(26(8)39(33)52)61-46(11,43(34)54)59-20-18-29(57-12)23(5)41(60-28(10)49)25(7)38(51)24(6)37(50)21(3)16-15-17-22(4)44(55)47-35/h15-18,20-21,23-25,29,37-38,41,50-53H,13-14,19H2,1-12H3,(H,47,55)/b16-15-,20-18+,22-17+. The van der Waals surface area contributed by atoms with Gasteiger partial charge in [0.2, 0.25) is 0 Å². The monoisotopic (exact) mass is 848 g/mol. The van der Waals surface area contributed by atoms with Gasteiger partial charge in [0.15, 0.2) is 5.75 Å². The smallest absolute Gasteiger partial charge is 0.340 e. The number of nitrogens with one attached hydrogen (secondary N) is 1. The third-order valence-corrected chi connectivity index (χ3v) is 12.2. The Morgan fingerprint density at radius 1 is 0.934 bits per heavy atom. The van der Waals surface area contributed by atoms with Crippen molar-refractivity contribution in [2.75, 3.05) is 19.0 Å². The second kappa shape index (κ2) is 18.3. The predicted molar refractivity (Wildman–Crippen MR) is 229 cm³/mol. The number of fused-ring (bicyclic) bond motifs is 1. The Labute approximate surface area is 355 Å². The molecular weight excluding hydrogens is 789 g/mol. The fourth-order valence-electron chi connectivity index (χ4n) is 8.68. The van der Waals surface area contributed by atoms with Crippen molar-refractivity contribution in [1.82, 2.24) is 4.57 Å². The van der Waals surface area contributed by atoms with E-state index < -0.39 is 89.0 Å². The number of phenolic OH excluding ortho intramolecular Hbond substituents is 2. The molecule has 5 rings (SSSR count). The van der Waals surface area contributed by atoms with Crippen molar-refractivity contribution < 1.29 is 63.3 Å². The molecule has 0 aliphatic carbocycles. The number of benzene rings is 2. The van der Waals surface area contributed by atoms with E-state index in [1.54, 1.807) is 58.3 Å². The van der Waals surface area contributed by atoms with Crippen LogP contribution in [0.2, 0.25) is 0 Å². The molecule has 15 heteroatoms. The molecule has 0 spiro atoms. The highest BCUT2D eigenvalue weighted by atomic mass is 16.7. The van der Waals surface area contributed by atoms with E-state index in [0.29, 0.717) is 18.7 Å². The average molecular weight is 849 g/mol. The van der Waals surface area contributed by atoms with Crippen LogP contribution in [0.25, 0.3) is 21.7 Å². The molecule has 1 amide bonds. The molecular formula is C46H60N2O13. The van der Waals surface area contributed by atoms with Gasteiger partial charge < -0.3 is 54.0 Å². The van der Waals surface area contributed by atoms with Crippen molar-refractivity contribution in [3.63, 3.8) is 0 Å². The summed E-state index contributed by atoms with van der Waals surface area (Å²) in [6, 6.07) is 0. The van der Waals surface area contributed by atoms with Crippen LogP contribution in [0, 0.1) is 37.5 Å². The van der Waals surface area contributed by atoms with Crippen LogP contribution in [0.15, 0.2) is 36.1 Å². The molecule has 332 valence electrons. The Balaban J connectivity index is 1.84. The molecule has 4 bridgehead atoms. The maximum absolute atomic E-state index is 14.8. The normalized spacial score (nSPS) is 29.4. The number of ether oxygens (including phenoxy) is 5. The maximum atomic E-state index is 14.8. The lowest BCUT2D eigenvalue weighted by molar-refractivity contribution is -0.160. The summed E-state index contributed by atoms with van der Waals surface area (Å²) < 4.78 is 31.3. The molecule has 0 saturated heterocycles. The second-order valence-electron chi connectivity index (χ2n) is 16.4. The summed E-state index contributed by atoms with van der Waals surface area (Å²) in [5.41, 5.74) is 0.808. The van der Waals surface area contributed by atoms with Crippen LogP contribution in [0.3, 0.4) is 0 Å². The van der Waals surface area contributed by atoms with E-state index in [-0.39, 0.29) is 62.0 Å². The molecule has 15 nitrogen and oxygen atoms in total. The van der Waals surface area contributed by atoms with E-state index in [4.69, 9.17) is 23.7 Å². The number of Topliss-reactive ketones (excluding diaryl/α,β-unsaturated/α-hetero) is 1. The van der Waals surface area contributed by atoms with Gasteiger partial charge in [-0.1, -0.05) is 52.8 Å². The zero-order chi connectivity index (χ0) is 45.4. The van der Waals surface area contributed by atoms with Crippen LogP contribution < -0.4 is 10.1 Å². The molecule has 1 aromatic heterocycles. The Hall–Kier alpha value is -5.38. The van der Waals surface area contributed by atoms with E-state index in [1.165, 1.54) is 53.2 Å². The van der Waals surface area contributed by atoms with Crippen molar-refractivity contribution in [3.8, 4) is 17.2 Å². The van der Waals surface area contributed by atoms with E-state index >= 15 is 0 Å². The van der Waals surface area contributed by atoms with E-state index in [0.717, 1.165) is 0 Å². The fourth-order valence-corrected chi connectivity index (χ4v) is 8.68. The number of aromatic hydroxyl groups is 2. The summed E-state index contributed by atoms with van der Waals surface area (Å²) in [5, 5.41) is 49.9. The number of aryl methyl sites for hydroxylation is 1. The van der Waals surface area contributed by atoms with Gasteiger partial charge in [-0.25, -0.2) is 4.79 Å². The summed E-state index contributed by atoms with van der Waals surface area (Å²) >= 11 is 0. The van der Waals surface area contributed by atoms with Crippen molar-refractivity contribution in [2.24, 2.45) is 23.7 Å². The van der Waals surface area contributed by atoms with Crippen LogP contribution in [-0.4, -0.2) is 92.5 Å². The Morgan fingerprint density at radius 2 is 1.61 bits per heavy atom. The van der Waals surface area contributed by atoms with E-state index in [2.05, 4.69) is 5.32 Å². The van der Waals surface area contributed by atoms with Gasteiger partial charge in [-0.2, -0.15) is 0 Å². The molecule has 3 aromatic rings. The number of nitrogens with zero attached hydrogens (tertiary/aromatic N) is 1. The highest BCUT2D eigenvalue weighted by molar-refractivity contribution is 6.31. The first-order chi connectivity index (χ1) is 28.7. The lowest BCUT2D eigenvalue weighted by atomic mass is 9.78. The predicted octanol–water partition coefficient (Wildman–Crippen LogP) is 6.90. The number of esters is 2. The SMILES string of the molecule is CCCn1c(C)c(C(=O)OCC)c2c3c(O)c4c(O)c(C)c5c(c4c21)C(=O)C(C)(O/C=C/C(OC)C(C)C(OC(C)=O)C(C)C(O)C(C)C(O)C(C)/C=C\C=C(/C)C(=O)N3)O5. The number of carbonyl (C=O) groups excluding carboxylic acids is 4. The van der Waals surface area contributed by atoms with Gasteiger partial charge in [0.05, 0.1) is 58.9 Å². The zero-order valence-corrected chi connectivity index (χ0v) is 37.0. The third-order valence-electron chi connectivity index (χ3n) is 12.2. The Kier molecular flexibility index (Phi) is 14.0. The number of anilines is 1. The summed E-state index contributed by atoms with van der Waals surface area (Å²) in [4.78, 5) is 55.1. The molecule has 3 heterocycles. The first kappa shape index (κ1) is 46.7. The molecule has 0 fully saturated rings. The van der Waals surface area contributed by atoms with Gasteiger partial charge in [-0.3, -0.25) is 14.4 Å². The second-order valence-corrected chi connectivity index (χ2v) is 16.4.